The standard InChI is InChI=1S/C12H23NO5S/c1-3-12(4-2)9-10(5-7-18-12)13-19(16,17)8-6-11(14)15/h10,13H,3-9H2,1-2H3,(H,14,15). The van der Waals surface area contributed by atoms with Crippen LogP contribution in [0, 0.1) is 0 Å². The molecule has 0 bridgehead atoms. The summed E-state index contributed by atoms with van der Waals surface area (Å²) >= 11 is 0. The molecule has 0 aliphatic carbocycles. The average molecular weight is 293 g/mol. The molecule has 0 amide bonds. The molecular weight excluding hydrogens is 270 g/mol. The number of nitrogens with one attached hydrogen (secondary N) is 1. The first-order valence-electron chi connectivity index (χ1n) is 6.68. The lowest BCUT2D eigenvalue weighted by atomic mass is 9.86. The molecule has 0 aromatic carbocycles. The van der Waals surface area contributed by atoms with E-state index in [2.05, 4.69) is 4.72 Å². The fraction of sp³-hybridized carbons (Fsp3) is 0.917. The molecule has 112 valence electrons. The summed E-state index contributed by atoms with van der Waals surface area (Å²) in [5.74, 6) is -1.47. The summed E-state index contributed by atoms with van der Waals surface area (Å²) in [5.41, 5.74) is -0.252. The Morgan fingerprint density at radius 2 is 2.05 bits per heavy atom. The fourth-order valence-electron chi connectivity index (χ4n) is 2.41. The fourth-order valence-corrected chi connectivity index (χ4v) is 3.68. The van der Waals surface area contributed by atoms with Crippen LogP contribution in [0.4, 0.5) is 0 Å². The SMILES string of the molecule is CCC1(CC)CC(NS(=O)(=O)CCC(=O)O)CCO1. The van der Waals surface area contributed by atoms with Gasteiger partial charge in [0.15, 0.2) is 0 Å². The zero-order valence-corrected chi connectivity index (χ0v) is 12.3. The van der Waals surface area contributed by atoms with E-state index in [0.29, 0.717) is 19.4 Å². The maximum Gasteiger partial charge on any atom is 0.304 e. The second kappa shape index (κ2) is 6.67. The molecule has 0 radical (unpaired) electrons. The lowest BCUT2D eigenvalue weighted by Gasteiger charge is -2.40. The molecule has 1 aliphatic heterocycles. The van der Waals surface area contributed by atoms with Gasteiger partial charge in [-0.05, 0) is 25.7 Å². The number of ether oxygens (including phenoxy) is 1. The van der Waals surface area contributed by atoms with E-state index in [-0.39, 0.29) is 23.8 Å². The number of carboxylic acids is 1. The van der Waals surface area contributed by atoms with Crippen molar-refractivity contribution in [2.75, 3.05) is 12.4 Å². The van der Waals surface area contributed by atoms with E-state index in [9.17, 15) is 13.2 Å². The van der Waals surface area contributed by atoms with Gasteiger partial charge in [0, 0.05) is 12.6 Å². The van der Waals surface area contributed by atoms with Gasteiger partial charge >= 0.3 is 5.97 Å². The molecule has 1 fully saturated rings. The van der Waals surface area contributed by atoms with E-state index >= 15 is 0 Å². The maximum absolute atomic E-state index is 11.8. The number of rotatable bonds is 7. The second-order valence-electron chi connectivity index (χ2n) is 5.01. The maximum atomic E-state index is 11.8. The number of aliphatic carboxylic acids is 1. The lowest BCUT2D eigenvalue weighted by molar-refractivity contribution is -0.136. The molecule has 0 spiro atoms. The van der Waals surface area contributed by atoms with Gasteiger partial charge in [0.25, 0.3) is 0 Å². The molecule has 0 aromatic rings. The van der Waals surface area contributed by atoms with Crippen molar-refractivity contribution in [2.45, 2.75) is 57.6 Å². The third-order valence-corrected chi connectivity index (χ3v) is 5.15. The zero-order chi connectivity index (χ0) is 14.5. The first kappa shape index (κ1) is 16.4. The summed E-state index contributed by atoms with van der Waals surface area (Å²) in [4.78, 5) is 10.4. The molecule has 19 heavy (non-hydrogen) atoms. The Kier molecular flexibility index (Phi) is 5.76. The van der Waals surface area contributed by atoms with Crippen molar-refractivity contribution in [1.82, 2.24) is 4.72 Å². The molecule has 7 heteroatoms. The summed E-state index contributed by atoms with van der Waals surface area (Å²) in [6, 6.07) is -0.160. The molecule has 1 atom stereocenters. The van der Waals surface area contributed by atoms with Crippen LogP contribution in [0.1, 0.15) is 46.0 Å². The van der Waals surface area contributed by atoms with Gasteiger partial charge in [-0.1, -0.05) is 13.8 Å². The third-order valence-electron chi connectivity index (χ3n) is 3.71. The van der Waals surface area contributed by atoms with Crippen LogP contribution < -0.4 is 4.72 Å². The minimum absolute atomic E-state index is 0.160. The highest BCUT2D eigenvalue weighted by molar-refractivity contribution is 7.89. The van der Waals surface area contributed by atoms with Crippen molar-refractivity contribution >= 4 is 16.0 Å². The van der Waals surface area contributed by atoms with Gasteiger partial charge in [-0.15, -0.1) is 0 Å². The van der Waals surface area contributed by atoms with Crippen LogP contribution in [0.5, 0.6) is 0 Å². The molecule has 1 aliphatic rings. The lowest BCUT2D eigenvalue weighted by Crippen LogP contribution is -2.48. The molecular formula is C12H23NO5S. The minimum Gasteiger partial charge on any atom is -0.481 e. The first-order chi connectivity index (χ1) is 8.82. The first-order valence-corrected chi connectivity index (χ1v) is 8.33. The number of carboxylic acid groups (broad SMARTS) is 1. The topological polar surface area (TPSA) is 92.7 Å². The van der Waals surface area contributed by atoms with Crippen molar-refractivity contribution in [3.05, 3.63) is 0 Å². The van der Waals surface area contributed by atoms with E-state index in [1.54, 1.807) is 0 Å². The van der Waals surface area contributed by atoms with Crippen molar-refractivity contribution in [1.29, 1.82) is 0 Å². The quantitative estimate of drug-likeness (QED) is 0.733. The third kappa shape index (κ3) is 5.08. The predicted octanol–water partition coefficient (Wildman–Crippen LogP) is 1.12. The highest BCUT2D eigenvalue weighted by Crippen LogP contribution is 2.31. The highest BCUT2D eigenvalue weighted by atomic mass is 32.2. The highest BCUT2D eigenvalue weighted by Gasteiger charge is 2.35. The van der Waals surface area contributed by atoms with Crippen LogP contribution in [-0.2, 0) is 19.6 Å². The summed E-state index contributed by atoms with van der Waals surface area (Å²) in [6.07, 6.45) is 2.60. The average Bonchev–Trinajstić information content (AvgIpc) is 2.36. The largest absolute Gasteiger partial charge is 0.481 e. The summed E-state index contributed by atoms with van der Waals surface area (Å²) in [6.45, 7) is 4.60. The van der Waals surface area contributed by atoms with Crippen LogP contribution in [0.15, 0.2) is 0 Å². The molecule has 0 aromatic heterocycles. The number of hydrogen-bond donors (Lipinski definition) is 2. The van der Waals surface area contributed by atoms with Crippen LogP contribution >= 0.6 is 0 Å². The van der Waals surface area contributed by atoms with Gasteiger partial charge in [0.2, 0.25) is 10.0 Å². The van der Waals surface area contributed by atoms with E-state index in [1.165, 1.54) is 0 Å². The Morgan fingerprint density at radius 3 is 2.58 bits per heavy atom. The van der Waals surface area contributed by atoms with Crippen molar-refractivity contribution < 1.29 is 23.1 Å². The zero-order valence-electron chi connectivity index (χ0n) is 11.5. The van der Waals surface area contributed by atoms with Crippen LogP contribution in [-0.4, -0.2) is 43.5 Å². The number of sulfonamides is 1. The van der Waals surface area contributed by atoms with E-state index in [4.69, 9.17) is 9.84 Å². The van der Waals surface area contributed by atoms with Crippen LogP contribution in [0.2, 0.25) is 0 Å². The molecule has 6 nitrogen and oxygen atoms in total. The van der Waals surface area contributed by atoms with Gasteiger partial charge in [0.05, 0.1) is 17.8 Å². The normalized spacial score (nSPS) is 23.2. The van der Waals surface area contributed by atoms with E-state index in [1.807, 2.05) is 13.8 Å². The van der Waals surface area contributed by atoms with E-state index < -0.39 is 16.0 Å². The molecule has 1 unspecified atom stereocenters. The molecule has 1 saturated heterocycles. The van der Waals surface area contributed by atoms with Gasteiger partial charge in [-0.2, -0.15) is 0 Å². The van der Waals surface area contributed by atoms with Gasteiger partial charge in [-0.25, -0.2) is 13.1 Å². The van der Waals surface area contributed by atoms with Crippen molar-refractivity contribution in [3.8, 4) is 0 Å². The Labute approximate surface area is 114 Å². The van der Waals surface area contributed by atoms with Gasteiger partial charge < -0.3 is 9.84 Å². The summed E-state index contributed by atoms with van der Waals surface area (Å²) in [7, 11) is -3.53. The van der Waals surface area contributed by atoms with E-state index in [0.717, 1.165) is 12.8 Å². The Bertz CT molecular complexity index is 402. The predicted molar refractivity (Wildman–Crippen MR) is 71.5 cm³/mol. The second-order valence-corrected chi connectivity index (χ2v) is 6.88. The monoisotopic (exact) mass is 293 g/mol. The Hall–Kier alpha value is -0.660. The molecule has 1 heterocycles. The molecule has 1 rings (SSSR count). The van der Waals surface area contributed by atoms with Crippen molar-refractivity contribution in [3.63, 3.8) is 0 Å². The van der Waals surface area contributed by atoms with Gasteiger partial charge in [0.1, 0.15) is 0 Å². The Morgan fingerprint density at radius 1 is 1.42 bits per heavy atom. The molecule has 0 saturated carbocycles. The van der Waals surface area contributed by atoms with Crippen LogP contribution in [0.25, 0.3) is 0 Å². The Balaban J connectivity index is 2.59. The molecule has 2 N–H and O–H groups in total. The minimum atomic E-state index is -3.53. The van der Waals surface area contributed by atoms with Crippen molar-refractivity contribution in [2.24, 2.45) is 0 Å². The number of hydrogen-bond acceptors (Lipinski definition) is 4. The smallest absolute Gasteiger partial charge is 0.304 e. The summed E-state index contributed by atoms with van der Waals surface area (Å²) in [5, 5.41) is 8.53. The van der Waals surface area contributed by atoms with Crippen LogP contribution in [0.3, 0.4) is 0 Å². The summed E-state index contributed by atoms with van der Waals surface area (Å²) < 4.78 is 31.9. The number of carbonyl (C=O) groups is 1. The van der Waals surface area contributed by atoms with Gasteiger partial charge in [-0.3, -0.25) is 4.79 Å².